The molecule has 1 atom stereocenters. The minimum atomic E-state index is -3.99. The fraction of sp³-hybridized carbons (Fsp3) is 0.333. The minimum Gasteiger partial charge on any atom is -0.275 e. The van der Waals surface area contributed by atoms with Gasteiger partial charge in [-0.2, -0.15) is 13.5 Å². The molecule has 0 bridgehead atoms. The first-order valence-corrected chi connectivity index (χ1v) is 8.75. The first-order chi connectivity index (χ1) is 10.9. The lowest BCUT2D eigenvalue weighted by Gasteiger charge is -2.35. The third kappa shape index (κ3) is 2.94. The quantitative estimate of drug-likeness (QED) is 0.915. The molecule has 0 aliphatic carbocycles. The van der Waals surface area contributed by atoms with E-state index in [9.17, 15) is 13.2 Å². The Bertz CT molecular complexity index is 844. The van der Waals surface area contributed by atoms with Crippen molar-refractivity contribution in [1.29, 1.82) is 0 Å². The van der Waals surface area contributed by atoms with Crippen LogP contribution < -0.4 is 9.03 Å². The molecule has 1 aliphatic rings. The molecule has 0 saturated carbocycles. The number of nitrogens with one attached hydrogen (secondary N) is 1. The fourth-order valence-corrected chi connectivity index (χ4v) is 4.25. The van der Waals surface area contributed by atoms with Crippen LogP contribution in [0.3, 0.4) is 0 Å². The molecule has 0 saturated heterocycles. The molecule has 0 spiro atoms. The molecule has 2 heterocycles. The lowest BCUT2D eigenvalue weighted by atomic mass is 9.99. The first kappa shape index (κ1) is 15.5. The second-order valence-corrected chi connectivity index (χ2v) is 7.20. The molecular weight excluding hydrogens is 316 g/mol. The number of fused-ring (bicyclic) bond motifs is 1. The zero-order valence-corrected chi connectivity index (χ0v) is 13.7. The van der Waals surface area contributed by atoms with Crippen LogP contribution in [0.4, 0.5) is 5.69 Å². The predicted octanol–water partition coefficient (Wildman–Crippen LogP) is 1.24. The van der Waals surface area contributed by atoms with Gasteiger partial charge in [-0.1, -0.05) is 18.2 Å². The van der Waals surface area contributed by atoms with Crippen LogP contribution in [0.1, 0.15) is 29.3 Å². The standard InChI is InChI=1S/C15H18N4O3S/c1-11-7-8-12-5-3-4-6-14(12)19(11)23(21,22)17-15(20)13-9-16-18(2)10-13/h3-6,9-11H,7-8H2,1-2H3,(H,17,20)/t11-/m1/s1. The van der Waals surface area contributed by atoms with Gasteiger partial charge in [-0.05, 0) is 31.4 Å². The third-order valence-corrected chi connectivity index (χ3v) is 5.43. The minimum absolute atomic E-state index is 0.203. The molecular formula is C15H18N4O3S. The zero-order valence-electron chi connectivity index (χ0n) is 12.9. The van der Waals surface area contributed by atoms with Gasteiger partial charge in [-0.15, -0.1) is 0 Å². The van der Waals surface area contributed by atoms with Gasteiger partial charge in [-0.3, -0.25) is 13.8 Å². The van der Waals surface area contributed by atoms with Crippen molar-refractivity contribution in [1.82, 2.24) is 14.5 Å². The number of aromatic nitrogens is 2. The summed E-state index contributed by atoms with van der Waals surface area (Å²) >= 11 is 0. The number of para-hydroxylation sites is 1. The van der Waals surface area contributed by atoms with Crippen molar-refractivity contribution in [2.24, 2.45) is 7.05 Å². The number of benzene rings is 1. The van der Waals surface area contributed by atoms with E-state index < -0.39 is 16.1 Å². The van der Waals surface area contributed by atoms with Crippen LogP contribution in [0.25, 0.3) is 0 Å². The molecule has 7 nitrogen and oxygen atoms in total. The normalized spacial score (nSPS) is 17.7. The van der Waals surface area contributed by atoms with Gasteiger partial charge in [0.05, 0.1) is 17.4 Å². The molecule has 1 aromatic heterocycles. The van der Waals surface area contributed by atoms with Gasteiger partial charge in [0, 0.05) is 19.3 Å². The van der Waals surface area contributed by atoms with E-state index in [4.69, 9.17) is 0 Å². The summed E-state index contributed by atoms with van der Waals surface area (Å²) < 4.78 is 30.3. The van der Waals surface area contributed by atoms with Gasteiger partial charge in [-0.25, -0.2) is 4.72 Å². The number of carbonyl (C=O) groups excluding carboxylic acids is 1. The van der Waals surface area contributed by atoms with Crippen molar-refractivity contribution in [3.05, 3.63) is 47.8 Å². The lowest BCUT2D eigenvalue weighted by Crippen LogP contribution is -2.49. The van der Waals surface area contributed by atoms with Gasteiger partial charge in [0.25, 0.3) is 5.91 Å². The van der Waals surface area contributed by atoms with Crippen molar-refractivity contribution in [3.63, 3.8) is 0 Å². The predicted molar refractivity (Wildman–Crippen MR) is 86.3 cm³/mol. The number of carbonyl (C=O) groups is 1. The molecule has 23 heavy (non-hydrogen) atoms. The molecule has 122 valence electrons. The molecule has 1 aromatic carbocycles. The van der Waals surface area contributed by atoms with E-state index in [1.165, 1.54) is 21.4 Å². The maximum Gasteiger partial charge on any atom is 0.326 e. The van der Waals surface area contributed by atoms with Crippen molar-refractivity contribution in [2.75, 3.05) is 4.31 Å². The van der Waals surface area contributed by atoms with E-state index >= 15 is 0 Å². The summed E-state index contributed by atoms with van der Waals surface area (Å²) in [5.41, 5.74) is 1.79. The number of aryl methyl sites for hydroxylation is 2. The van der Waals surface area contributed by atoms with E-state index in [-0.39, 0.29) is 11.6 Å². The highest BCUT2D eigenvalue weighted by molar-refractivity contribution is 7.91. The third-order valence-electron chi connectivity index (χ3n) is 3.91. The maximum atomic E-state index is 12.7. The second-order valence-electron chi connectivity index (χ2n) is 5.65. The summed E-state index contributed by atoms with van der Waals surface area (Å²) in [5, 5.41) is 3.88. The lowest BCUT2D eigenvalue weighted by molar-refractivity contribution is 0.0981. The van der Waals surface area contributed by atoms with E-state index in [2.05, 4.69) is 9.82 Å². The average molecular weight is 334 g/mol. The van der Waals surface area contributed by atoms with Crippen LogP contribution >= 0.6 is 0 Å². The van der Waals surface area contributed by atoms with Crippen LogP contribution in [0, 0.1) is 0 Å². The van der Waals surface area contributed by atoms with Crippen molar-refractivity contribution in [2.45, 2.75) is 25.8 Å². The second kappa shape index (κ2) is 5.69. The van der Waals surface area contributed by atoms with E-state index in [1.807, 2.05) is 19.1 Å². The summed E-state index contributed by atoms with van der Waals surface area (Å²) in [6, 6.07) is 7.13. The Morgan fingerprint density at radius 1 is 1.35 bits per heavy atom. The molecule has 1 N–H and O–H groups in total. The Morgan fingerprint density at radius 2 is 2.09 bits per heavy atom. The fourth-order valence-electron chi connectivity index (χ4n) is 2.79. The van der Waals surface area contributed by atoms with Crippen LogP contribution in [-0.4, -0.2) is 30.1 Å². The van der Waals surface area contributed by atoms with Crippen molar-refractivity contribution in [3.8, 4) is 0 Å². The highest BCUT2D eigenvalue weighted by Crippen LogP contribution is 2.32. The highest BCUT2D eigenvalue weighted by Gasteiger charge is 2.33. The van der Waals surface area contributed by atoms with Crippen LogP contribution in [0.2, 0.25) is 0 Å². The van der Waals surface area contributed by atoms with Gasteiger partial charge >= 0.3 is 10.2 Å². The smallest absolute Gasteiger partial charge is 0.275 e. The van der Waals surface area contributed by atoms with Crippen molar-refractivity contribution >= 4 is 21.8 Å². The molecule has 0 unspecified atom stereocenters. The Kier molecular flexibility index (Phi) is 3.85. The Labute approximate surface area is 135 Å². The molecule has 0 fully saturated rings. The topological polar surface area (TPSA) is 84.3 Å². The first-order valence-electron chi connectivity index (χ1n) is 7.31. The van der Waals surface area contributed by atoms with Crippen LogP contribution in [0.15, 0.2) is 36.7 Å². The monoisotopic (exact) mass is 334 g/mol. The van der Waals surface area contributed by atoms with Gasteiger partial charge in [0.2, 0.25) is 0 Å². The van der Waals surface area contributed by atoms with Gasteiger partial charge in [0.15, 0.2) is 0 Å². The maximum absolute atomic E-state index is 12.7. The van der Waals surface area contributed by atoms with Crippen LogP contribution in [0.5, 0.6) is 0 Å². The largest absolute Gasteiger partial charge is 0.326 e. The zero-order chi connectivity index (χ0) is 16.6. The number of hydrogen-bond acceptors (Lipinski definition) is 4. The van der Waals surface area contributed by atoms with E-state index in [0.717, 1.165) is 12.0 Å². The van der Waals surface area contributed by atoms with Gasteiger partial charge in [0.1, 0.15) is 0 Å². The summed E-state index contributed by atoms with van der Waals surface area (Å²) in [6.07, 6.45) is 4.33. The average Bonchev–Trinajstić information content (AvgIpc) is 2.93. The molecule has 1 aliphatic heterocycles. The van der Waals surface area contributed by atoms with Crippen molar-refractivity contribution < 1.29 is 13.2 Å². The summed E-state index contributed by atoms with van der Waals surface area (Å²) in [7, 11) is -2.33. The number of nitrogens with zero attached hydrogens (tertiary/aromatic N) is 3. The number of anilines is 1. The Balaban J connectivity index is 1.92. The summed E-state index contributed by atoms with van der Waals surface area (Å²) in [4.78, 5) is 12.2. The number of rotatable bonds is 3. The Morgan fingerprint density at radius 3 is 2.78 bits per heavy atom. The molecule has 8 heteroatoms. The Hall–Kier alpha value is -2.35. The number of amides is 1. The molecule has 3 rings (SSSR count). The molecule has 0 radical (unpaired) electrons. The SMILES string of the molecule is C[C@@H]1CCc2ccccc2N1S(=O)(=O)NC(=O)c1cnn(C)c1. The summed E-state index contributed by atoms with van der Waals surface area (Å²) in [6.45, 7) is 1.84. The number of hydrogen-bond donors (Lipinski definition) is 1. The van der Waals surface area contributed by atoms with Gasteiger partial charge < -0.3 is 0 Å². The van der Waals surface area contributed by atoms with E-state index in [1.54, 1.807) is 19.2 Å². The summed E-state index contributed by atoms with van der Waals surface area (Å²) in [5.74, 6) is -0.687. The van der Waals surface area contributed by atoms with Crippen LogP contribution in [-0.2, 0) is 23.7 Å². The van der Waals surface area contributed by atoms with E-state index in [0.29, 0.717) is 12.1 Å². The highest BCUT2D eigenvalue weighted by atomic mass is 32.2. The molecule has 1 amide bonds. The molecule has 2 aromatic rings.